The number of nitrogen functional groups attached to an aromatic ring is 1. The molecule has 2 aromatic heterocycles. The molecule has 0 spiro atoms. The number of rotatable bonds is 1. The number of aromatic nitrogens is 2. The van der Waals surface area contributed by atoms with Crippen LogP contribution in [-0.4, -0.2) is 47.0 Å². The van der Waals surface area contributed by atoms with Crippen LogP contribution in [0.1, 0.15) is 12.5 Å². The first-order valence-corrected chi connectivity index (χ1v) is 7.46. The zero-order valence-electron chi connectivity index (χ0n) is 11.6. The number of hydrogen-bond acceptors (Lipinski definition) is 6. The number of amides is 1. The van der Waals surface area contributed by atoms with Gasteiger partial charge in [-0.2, -0.15) is 4.98 Å². The molecule has 3 rings (SSSR count). The zero-order valence-corrected chi connectivity index (χ0v) is 12.4. The van der Waals surface area contributed by atoms with Crippen molar-refractivity contribution in [3.8, 4) is 0 Å². The third kappa shape index (κ3) is 2.18. The van der Waals surface area contributed by atoms with Crippen LogP contribution in [0.3, 0.4) is 0 Å². The standard InChI is InChI=1S/C13H17N5OS/c1-8-7-20-12-10(8)11(14)15-13(16-12)18-5-3-17(4-6-18)9(2)19/h7H,3-6H2,1-2H3,(H2,14,15,16). The van der Waals surface area contributed by atoms with Crippen molar-refractivity contribution in [2.45, 2.75) is 13.8 Å². The molecule has 1 fully saturated rings. The SMILES string of the molecule is CC(=O)N1CCN(c2nc(N)c3c(C)csc3n2)CC1. The van der Waals surface area contributed by atoms with E-state index in [-0.39, 0.29) is 5.91 Å². The van der Waals surface area contributed by atoms with Crippen molar-refractivity contribution in [1.82, 2.24) is 14.9 Å². The quantitative estimate of drug-likeness (QED) is 0.856. The topological polar surface area (TPSA) is 75.4 Å². The first-order chi connectivity index (χ1) is 9.56. The van der Waals surface area contributed by atoms with E-state index in [0.717, 1.165) is 28.9 Å². The van der Waals surface area contributed by atoms with Gasteiger partial charge in [0, 0.05) is 33.1 Å². The first-order valence-electron chi connectivity index (χ1n) is 6.58. The molecule has 1 aliphatic heterocycles. The van der Waals surface area contributed by atoms with E-state index in [4.69, 9.17) is 5.73 Å². The summed E-state index contributed by atoms with van der Waals surface area (Å²) in [6, 6.07) is 0. The number of carbonyl (C=O) groups is 1. The van der Waals surface area contributed by atoms with Crippen LogP contribution in [0.4, 0.5) is 11.8 Å². The van der Waals surface area contributed by atoms with Crippen molar-refractivity contribution in [2.75, 3.05) is 36.8 Å². The van der Waals surface area contributed by atoms with Gasteiger partial charge in [-0.1, -0.05) is 0 Å². The Morgan fingerprint density at radius 1 is 1.30 bits per heavy atom. The number of nitrogens with zero attached hydrogens (tertiary/aromatic N) is 4. The lowest BCUT2D eigenvalue weighted by molar-refractivity contribution is -0.129. The van der Waals surface area contributed by atoms with Crippen LogP contribution in [0, 0.1) is 6.92 Å². The average Bonchev–Trinajstić information content (AvgIpc) is 2.81. The summed E-state index contributed by atoms with van der Waals surface area (Å²) >= 11 is 1.59. The molecule has 1 aliphatic rings. The van der Waals surface area contributed by atoms with Crippen molar-refractivity contribution in [2.24, 2.45) is 0 Å². The molecular weight excluding hydrogens is 274 g/mol. The zero-order chi connectivity index (χ0) is 14.3. The van der Waals surface area contributed by atoms with Crippen LogP contribution < -0.4 is 10.6 Å². The molecule has 0 saturated carbocycles. The minimum Gasteiger partial charge on any atom is -0.383 e. The lowest BCUT2D eigenvalue weighted by Crippen LogP contribution is -2.48. The maximum atomic E-state index is 11.3. The second-order valence-corrected chi connectivity index (χ2v) is 5.86. The lowest BCUT2D eigenvalue weighted by Gasteiger charge is -2.34. The van der Waals surface area contributed by atoms with Gasteiger partial charge in [-0.15, -0.1) is 11.3 Å². The molecule has 0 aromatic carbocycles. The summed E-state index contributed by atoms with van der Waals surface area (Å²) in [5, 5.41) is 3.01. The molecule has 106 valence electrons. The number of aryl methyl sites for hydroxylation is 1. The predicted molar refractivity (Wildman–Crippen MR) is 81.0 cm³/mol. The van der Waals surface area contributed by atoms with Crippen LogP contribution >= 0.6 is 11.3 Å². The van der Waals surface area contributed by atoms with Gasteiger partial charge in [0.25, 0.3) is 0 Å². The van der Waals surface area contributed by atoms with E-state index in [0.29, 0.717) is 24.9 Å². The summed E-state index contributed by atoms with van der Waals surface area (Å²) in [5.41, 5.74) is 7.17. The third-order valence-corrected chi connectivity index (χ3v) is 4.63. The summed E-state index contributed by atoms with van der Waals surface area (Å²) in [5.74, 6) is 1.33. The van der Waals surface area contributed by atoms with Gasteiger partial charge < -0.3 is 15.5 Å². The van der Waals surface area contributed by atoms with Crippen molar-refractivity contribution in [3.63, 3.8) is 0 Å². The Labute approximate surface area is 121 Å². The highest BCUT2D eigenvalue weighted by atomic mass is 32.1. The number of anilines is 2. The van der Waals surface area contributed by atoms with E-state index in [1.165, 1.54) is 0 Å². The van der Waals surface area contributed by atoms with E-state index < -0.39 is 0 Å². The van der Waals surface area contributed by atoms with Gasteiger partial charge >= 0.3 is 0 Å². The summed E-state index contributed by atoms with van der Waals surface area (Å²) < 4.78 is 0. The molecule has 0 atom stereocenters. The Bertz CT molecular complexity index is 660. The molecule has 0 radical (unpaired) electrons. The van der Waals surface area contributed by atoms with Crippen LogP contribution in [0.2, 0.25) is 0 Å². The largest absolute Gasteiger partial charge is 0.383 e. The van der Waals surface area contributed by atoms with Gasteiger partial charge in [-0.05, 0) is 17.9 Å². The highest BCUT2D eigenvalue weighted by Gasteiger charge is 2.21. The Kier molecular flexibility index (Phi) is 3.21. The molecular formula is C13H17N5OS. The van der Waals surface area contributed by atoms with Gasteiger partial charge in [0.05, 0.1) is 5.39 Å². The van der Waals surface area contributed by atoms with E-state index in [1.807, 2.05) is 17.2 Å². The van der Waals surface area contributed by atoms with Gasteiger partial charge in [0.15, 0.2) is 0 Å². The van der Waals surface area contributed by atoms with Crippen LogP contribution in [-0.2, 0) is 4.79 Å². The monoisotopic (exact) mass is 291 g/mol. The fourth-order valence-electron chi connectivity index (χ4n) is 2.47. The molecule has 0 unspecified atom stereocenters. The Hall–Kier alpha value is -1.89. The molecule has 6 nitrogen and oxygen atoms in total. The van der Waals surface area contributed by atoms with Gasteiger partial charge in [-0.25, -0.2) is 4.98 Å². The van der Waals surface area contributed by atoms with Crippen LogP contribution in [0.15, 0.2) is 5.38 Å². The highest BCUT2D eigenvalue weighted by molar-refractivity contribution is 7.17. The van der Waals surface area contributed by atoms with Crippen molar-refractivity contribution in [1.29, 1.82) is 0 Å². The number of thiophene rings is 1. The van der Waals surface area contributed by atoms with Crippen LogP contribution in [0.5, 0.6) is 0 Å². The minimum atomic E-state index is 0.120. The van der Waals surface area contributed by atoms with E-state index in [2.05, 4.69) is 14.9 Å². The van der Waals surface area contributed by atoms with E-state index in [1.54, 1.807) is 18.3 Å². The summed E-state index contributed by atoms with van der Waals surface area (Å²) in [6.45, 7) is 6.53. The Morgan fingerprint density at radius 3 is 2.65 bits per heavy atom. The van der Waals surface area contributed by atoms with Gasteiger partial charge in [0.1, 0.15) is 10.6 Å². The molecule has 2 N–H and O–H groups in total. The van der Waals surface area contributed by atoms with Crippen molar-refractivity contribution < 1.29 is 4.79 Å². The Balaban J connectivity index is 1.86. The van der Waals surface area contributed by atoms with Gasteiger partial charge in [-0.3, -0.25) is 4.79 Å². The minimum absolute atomic E-state index is 0.120. The molecule has 1 saturated heterocycles. The van der Waals surface area contributed by atoms with Crippen molar-refractivity contribution in [3.05, 3.63) is 10.9 Å². The number of carbonyl (C=O) groups excluding carboxylic acids is 1. The number of nitrogens with two attached hydrogens (primary N) is 1. The molecule has 0 bridgehead atoms. The average molecular weight is 291 g/mol. The number of fused-ring (bicyclic) bond motifs is 1. The normalized spacial score (nSPS) is 15.9. The molecule has 0 aliphatic carbocycles. The maximum Gasteiger partial charge on any atom is 0.228 e. The molecule has 7 heteroatoms. The second-order valence-electron chi connectivity index (χ2n) is 5.00. The van der Waals surface area contributed by atoms with Crippen molar-refractivity contribution >= 4 is 39.2 Å². The molecule has 1 amide bonds. The number of hydrogen-bond donors (Lipinski definition) is 1. The fourth-order valence-corrected chi connectivity index (χ4v) is 3.39. The molecule has 3 heterocycles. The summed E-state index contributed by atoms with van der Waals surface area (Å²) in [4.78, 5) is 25.2. The lowest BCUT2D eigenvalue weighted by atomic mass is 10.2. The Morgan fingerprint density at radius 2 is 2.00 bits per heavy atom. The smallest absolute Gasteiger partial charge is 0.228 e. The van der Waals surface area contributed by atoms with E-state index in [9.17, 15) is 4.79 Å². The molecule has 2 aromatic rings. The molecule has 20 heavy (non-hydrogen) atoms. The van der Waals surface area contributed by atoms with E-state index >= 15 is 0 Å². The third-order valence-electron chi connectivity index (χ3n) is 3.64. The predicted octanol–water partition coefficient (Wildman–Crippen LogP) is 1.25. The first kappa shape index (κ1) is 13.1. The van der Waals surface area contributed by atoms with Gasteiger partial charge in [0.2, 0.25) is 11.9 Å². The van der Waals surface area contributed by atoms with Crippen LogP contribution in [0.25, 0.3) is 10.2 Å². The summed E-state index contributed by atoms with van der Waals surface area (Å²) in [7, 11) is 0. The maximum absolute atomic E-state index is 11.3. The fraction of sp³-hybridized carbons (Fsp3) is 0.462. The summed E-state index contributed by atoms with van der Waals surface area (Å²) in [6.07, 6.45) is 0. The highest BCUT2D eigenvalue weighted by Crippen LogP contribution is 2.29. The number of piperazine rings is 1. The second kappa shape index (κ2) is 4.90.